The van der Waals surface area contributed by atoms with E-state index in [1.165, 1.54) is 0 Å². The summed E-state index contributed by atoms with van der Waals surface area (Å²) >= 11 is 19.2. The third-order valence-corrected chi connectivity index (χ3v) is 4.87. The van der Waals surface area contributed by atoms with Crippen LogP contribution in [0.15, 0.2) is 24.8 Å². The quantitative estimate of drug-likeness (QED) is 0.441. The van der Waals surface area contributed by atoms with E-state index in [2.05, 4.69) is 16.5 Å². The van der Waals surface area contributed by atoms with Gasteiger partial charge >= 0.3 is 6.09 Å². The van der Waals surface area contributed by atoms with Gasteiger partial charge in [-0.1, -0.05) is 61.7 Å². The van der Waals surface area contributed by atoms with Crippen LogP contribution >= 0.6 is 34.8 Å². The van der Waals surface area contributed by atoms with E-state index >= 15 is 0 Å². The Kier molecular flexibility index (Phi) is 6.40. The molecule has 2 rings (SSSR count). The first-order valence-electron chi connectivity index (χ1n) is 8.14. The normalized spacial score (nSPS) is 11.4. The molecule has 0 saturated heterocycles. The highest BCUT2D eigenvalue weighted by atomic mass is 35.5. The van der Waals surface area contributed by atoms with Crippen LogP contribution in [0.3, 0.4) is 0 Å². The first-order chi connectivity index (χ1) is 12.5. The SMILES string of the molecule is C=CCc1c(Cl)nc(C)nc1N(C(=O)O)c1ccc(Cl)c(C(C)(C)C)c1Cl. The molecule has 0 bridgehead atoms. The minimum atomic E-state index is -1.25. The van der Waals surface area contributed by atoms with Gasteiger partial charge < -0.3 is 5.11 Å². The van der Waals surface area contributed by atoms with Crippen molar-refractivity contribution >= 4 is 52.4 Å². The Balaban J connectivity index is 2.83. The first-order valence-corrected chi connectivity index (χ1v) is 9.27. The van der Waals surface area contributed by atoms with Crippen LogP contribution in [0.1, 0.15) is 37.7 Å². The van der Waals surface area contributed by atoms with Crippen LogP contribution in [-0.4, -0.2) is 21.2 Å². The van der Waals surface area contributed by atoms with Gasteiger partial charge in [-0.05, 0) is 36.5 Å². The number of rotatable bonds is 4. The molecule has 0 spiro atoms. The summed E-state index contributed by atoms with van der Waals surface area (Å²) in [5.41, 5.74) is 0.954. The summed E-state index contributed by atoms with van der Waals surface area (Å²) in [5.74, 6) is 0.485. The summed E-state index contributed by atoms with van der Waals surface area (Å²) in [7, 11) is 0. The molecular weight excluding hydrogens is 409 g/mol. The van der Waals surface area contributed by atoms with Gasteiger partial charge in [-0.25, -0.2) is 19.7 Å². The van der Waals surface area contributed by atoms with Crippen molar-refractivity contribution in [2.75, 3.05) is 4.90 Å². The fourth-order valence-electron chi connectivity index (χ4n) is 2.76. The van der Waals surface area contributed by atoms with Crippen LogP contribution in [0.5, 0.6) is 0 Å². The van der Waals surface area contributed by atoms with Crippen molar-refractivity contribution in [1.82, 2.24) is 9.97 Å². The lowest BCUT2D eigenvalue weighted by molar-refractivity contribution is 0.204. The number of allylic oxidation sites excluding steroid dienone is 1. The van der Waals surface area contributed by atoms with E-state index < -0.39 is 11.5 Å². The van der Waals surface area contributed by atoms with Gasteiger partial charge in [0, 0.05) is 10.6 Å². The lowest BCUT2D eigenvalue weighted by atomic mass is 9.86. The lowest BCUT2D eigenvalue weighted by Crippen LogP contribution is -2.28. The lowest BCUT2D eigenvalue weighted by Gasteiger charge is -2.28. The van der Waals surface area contributed by atoms with Crippen molar-refractivity contribution in [3.8, 4) is 0 Å². The molecule has 0 aliphatic carbocycles. The standard InChI is InChI=1S/C19H20Cl3N3O2/c1-6-7-11-16(22)23-10(2)24-17(11)25(18(26)27)13-9-8-12(20)14(15(13)21)19(3,4)5/h6,8-9H,1,7H2,2-5H3,(H,26,27). The second kappa shape index (κ2) is 8.05. The van der Waals surface area contributed by atoms with Crippen molar-refractivity contribution in [3.05, 3.63) is 56.9 Å². The maximum Gasteiger partial charge on any atom is 0.417 e. The average molecular weight is 429 g/mol. The minimum absolute atomic E-state index is 0.143. The second-order valence-electron chi connectivity index (χ2n) is 6.98. The molecule has 0 aliphatic heterocycles. The highest BCUT2D eigenvalue weighted by Crippen LogP contribution is 2.43. The van der Waals surface area contributed by atoms with Gasteiger partial charge in [0.1, 0.15) is 11.0 Å². The Labute approximate surface area is 173 Å². The van der Waals surface area contributed by atoms with Crippen molar-refractivity contribution in [1.29, 1.82) is 0 Å². The van der Waals surface area contributed by atoms with Gasteiger partial charge in [0.05, 0.1) is 10.7 Å². The zero-order valence-corrected chi connectivity index (χ0v) is 17.7. The smallest absolute Gasteiger partial charge is 0.417 e. The molecule has 1 heterocycles. The first kappa shape index (κ1) is 21.5. The number of anilines is 2. The van der Waals surface area contributed by atoms with Crippen LogP contribution in [0, 0.1) is 6.92 Å². The van der Waals surface area contributed by atoms with E-state index in [0.29, 0.717) is 28.4 Å². The molecule has 1 aromatic carbocycles. The molecule has 144 valence electrons. The Morgan fingerprint density at radius 3 is 2.41 bits per heavy atom. The highest BCUT2D eigenvalue weighted by Gasteiger charge is 2.30. The fourth-order valence-corrected chi connectivity index (χ4v) is 4.07. The Bertz CT molecular complexity index is 908. The summed E-state index contributed by atoms with van der Waals surface area (Å²) in [6.45, 7) is 11.2. The molecule has 1 aromatic heterocycles. The van der Waals surface area contributed by atoms with Crippen molar-refractivity contribution < 1.29 is 9.90 Å². The maximum absolute atomic E-state index is 12.2. The third-order valence-electron chi connectivity index (χ3n) is 3.86. The monoisotopic (exact) mass is 427 g/mol. The van der Waals surface area contributed by atoms with Gasteiger partial charge in [0.15, 0.2) is 5.82 Å². The molecular formula is C19H20Cl3N3O2. The average Bonchev–Trinajstić information content (AvgIpc) is 2.51. The van der Waals surface area contributed by atoms with E-state index in [9.17, 15) is 9.90 Å². The molecule has 0 radical (unpaired) electrons. The van der Waals surface area contributed by atoms with Gasteiger partial charge in [-0.3, -0.25) is 0 Å². The molecule has 2 aromatic rings. The van der Waals surface area contributed by atoms with E-state index in [1.807, 2.05) is 20.8 Å². The molecule has 1 N–H and O–H groups in total. The van der Waals surface area contributed by atoms with Crippen LogP contribution < -0.4 is 4.90 Å². The van der Waals surface area contributed by atoms with Gasteiger partial charge in [-0.15, -0.1) is 6.58 Å². The second-order valence-corrected chi connectivity index (χ2v) is 8.12. The predicted molar refractivity (Wildman–Crippen MR) is 111 cm³/mol. The molecule has 0 saturated carbocycles. The number of amides is 1. The topological polar surface area (TPSA) is 66.3 Å². The van der Waals surface area contributed by atoms with Crippen molar-refractivity contribution in [2.45, 2.75) is 39.5 Å². The van der Waals surface area contributed by atoms with Crippen LogP contribution in [0.2, 0.25) is 15.2 Å². The molecule has 0 unspecified atom stereocenters. The van der Waals surface area contributed by atoms with Gasteiger partial charge in [0.25, 0.3) is 0 Å². The maximum atomic E-state index is 12.2. The highest BCUT2D eigenvalue weighted by molar-refractivity contribution is 6.38. The van der Waals surface area contributed by atoms with E-state index in [1.54, 1.807) is 25.1 Å². The molecule has 0 atom stereocenters. The molecule has 0 aliphatic rings. The third kappa shape index (κ3) is 4.37. The fraction of sp³-hybridized carbons (Fsp3) is 0.316. The number of hydrogen-bond acceptors (Lipinski definition) is 3. The largest absolute Gasteiger partial charge is 0.464 e. The number of benzene rings is 1. The van der Waals surface area contributed by atoms with Gasteiger partial charge in [-0.2, -0.15) is 0 Å². The number of hydrogen-bond donors (Lipinski definition) is 1. The Hall–Kier alpha value is -1.82. The van der Waals surface area contributed by atoms with Crippen molar-refractivity contribution in [3.63, 3.8) is 0 Å². The zero-order chi connectivity index (χ0) is 20.5. The Morgan fingerprint density at radius 1 is 1.26 bits per heavy atom. The predicted octanol–water partition coefficient (Wildman–Crippen LogP) is 6.59. The molecule has 1 amide bonds. The summed E-state index contributed by atoms with van der Waals surface area (Å²) in [5, 5.41) is 10.8. The van der Waals surface area contributed by atoms with Crippen LogP contribution in [0.4, 0.5) is 16.3 Å². The number of aromatic nitrogens is 2. The Morgan fingerprint density at radius 2 is 1.89 bits per heavy atom. The minimum Gasteiger partial charge on any atom is -0.464 e. The van der Waals surface area contributed by atoms with E-state index in [0.717, 1.165) is 4.90 Å². The summed E-state index contributed by atoms with van der Waals surface area (Å²) in [6.07, 6.45) is 0.654. The van der Waals surface area contributed by atoms with Crippen LogP contribution in [0.25, 0.3) is 0 Å². The van der Waals surface area contributed by atoms with E-state index in [-0.39, 0.29) is 21.7 Å². The molecule has 5 nitrogen and oxygen atoms in total. The molecule has 27 heavy (non-hydrogen) atoms. The summed E-state index contributed by atoms with van der Waals surface area (Å²) < 4.78 is 0. The molecule has 8 heteroatoms. The van der Waals surface area contributed by atoms with Crippen LogP contribution in [-0.2, 0) is 11.8 Å². The number of aryl methyl sites for hydroxylation is 1. The van der Waals surface area contributed by atoms with E-state index in [4.69, 9.17) is 34.8 Å². The number of carboxylic acid groups (broad SMARTS) is 1. The number of halogens is 3. The van der Waals surface area contributed by atoms with Gasteiger partial charge in [0.2, 0.25) is 0 Å². The number of nitrogens with zero attached hydrogens (tertiary/aromatic N) is 3. The molecule has 0 fully saturated rings. The number of carbonyl (C=O) groups is 1. The summed E-state index contributed by atoms with van der Waals surface area (Å²) in [6, 6.07) is 3.18. The van der Waals surface area contributed by atoms with Crippen molar-refractivity contribution in [2.24, 2.45) is 0 Å². The summed E-state index contributed by atoms with van der Waals surface area (Å²) in [4.78, 5) is 21.6. The zero-order valence-electron chi connectivity index (χ0n) is 15.5.